The van der Waals surface area contributed by atoms with Crippen molar-refractivity contribution < 1.29 is 18.7 Å². The lowest BCUT2D eigenvalue weighted by Crippen LogP contribution is -2.33. The second kappa shape index (κ2) is 9.22. The summed E-state index contributed by atoms with van der Waals surface area (Å²) in [6.07, 6.45) is 0.560. The SMILES string of the molecule is CCOC(=O)c1c(-c2ccc(F)cc2)csc1NC(=O)C(C)(C)Cc1ccccc1. The van der Waals surface area contributed by atoms with Gasteiger partial charge in [0.2, 0.25) is 5.91 Å². The minimum Gasteiger partial charge on any atom is -0.462 e. The zero-order valence-electron chi connectivity index (χ0n) is 17.2. The van der Waals surface area contributed by atoms with Crippen LogP contribution in [-0.2, 0) is 16.0 Å². The van der Waals surface area contributed by atoms with E-state index in [-0.39, 0.29) is 23.9 Å². The molecule has 0 fully saturated rings. The molecular formula is C24H24FNO3S. The minimum atomic E-state index is -0.687. The van der Waals surface area contributed by atoms with Crippen LogP contribution < -0.4 is 5.32 Å². The number of hydrogen-bond donors (Lipinski definition) is 1. The topological polar surface area (TPSA) is 55.4 Å². The number of benzene rings is 2. The average molecular weight is 426 g/mol. The van der Waals surface area contributed by atoms with E-state index in [1.165, 1.54) is 23.5 Å². The first-order valence-corrected chi connectivity index (χ1v) is 10.6. The van der Waals surface area contributed by atoms with E-state index >= 15 is 0 Å². The van der Waals surface area contributed by atoms with E-state index in [4.69, 9.17) is 4.74 Å². The third kappa shape index (κ3) is 4.94. The zero-order valence-corrected chi connectivity index (χ0v) is 18.0. The number of hydrogen-bond acceptors (Lipinski definition) is 4. The van der Waals surface area contributed by atoms with Crippen LogP contribution in [0.15, 0.2) is 60.0 Å². The van der Waals surface area contributed by atoms with Gasteiger partial charge in [0.25, 0.3) is 0 Å². The van der Waals surface area contributed by atoms with Crippen LogP contribution in [0.25, 0.3) is 11.1 Å². The van der Waals surface area contributed by atoms with Crippen LogP contribution in [0.3, 0.4) is 0 Å². The lowest BCUT2D eigenvalue weighted by atomic mass is 9.85. The van der Waals surface area contributed by atoms with Gasteiger partial charge in [-0.1, -0.05) is 56.3 Å². The van der Waals surface area contributed by atoms with Crippen molar-refractivity contribution in [2.45, 2.75) is 27.2 Å². The highest BCUT2D eigenvalue weighted by Crippen LogP contribution is 2.37. The summed E-state index contributed by atoms with van der Waals surface area (Å²) in [5.74, 6) is -1.07. The molecule has 4 nitrogen and oxygen atoms in total. The van der Waals surface area contributed by atoms with Crippen molar-refractivity contribution in [1.29, 1.82) is 0 Å². The van der Waals surface area contributed by atoms with Crippen molar-refractivity contribution in [2.75, 3.05) is 11.9 Å². The van der Waals surface area contributed by atoms with Gasteiger partial charge in [-0.25, -0.2) is 9.18 Å². The van der Waals surface area contributed by atoms with Crippen molar-refractivity contribution in [2.24, 2.45) is 5.41 Å². The van der Waals surface area contributed by atoms with Crippen LogP contribution in [0, 0.1) is 11.2 Å². The summed E-state index contributed by atoms with van der Waals surface area (Å²) in [6, 6.07) is 15.7. The van der Waals surface area contributed by atoms with Crippen molar-refractivity contribution in [3.63, 3.8) is 0 Å². The number of amides is 1. The van der Waals surface area contributed by atoms with Crippen LogP contribution in [0.2, 0.25) is 0 Å². The summed E-state index contributed by atoms with van der Waals surface area (Å²) in [7, 11) is 0. The molecule has 0 aliphatic rings. The Hall–Kier alpha value is -2.99. The zero-order chi connectivity index (χ0) is 21.7. The first-order valence-electron chi connectivity index (χ1n) is 9.71. The first-order chi connectivity index (χ1) is 14.3. The highest BCUT2D eigenvalue weighted by atomic mass is 32.1. The molecule has 1 heterocycles. The number of anilines is 1. The van der Waals surface area contributed by atoms with Crippen molar-refractivity contribution in [3.8, 4) is 11.1 Å². The van der Waals surface area contributed by atoms with Crippen molar-refractivity contribution in [3.05, 3.63) is 76.9 Å². The Morgan fingerprint density at radius 3 is 2.37 bits per heavy atom. The smallest absolute Gasteiger partial charge is 0.341 e. The molecule has 30 heavy (non-hydrogen) atoms. The second-order valence-corrected chi connectivity index (χ2v) is 8.46. The minimum absolute atomic E-state index is 0.190. The number of ether oxygens (including phenoxy) is 1. The molecule has 0 saturated carbocycles. The molecule has 2 aromatic carbocycles. The quantitative estimate of drug-likeness (QED) is 0.477. The van der Waals surface area contributed by atoms with E-state index in [0.717, 1.165) is 5.56 Å². The number of rotatable bonds is 7. The number of thiophene rings is 1. The fraction of sp³-hybridized carbons (Fsp3) is 0.250. The van der Waals surface area contributed by atoms with Gasteiger partial charge in [-0.15, -0.1) is 11.3 Å². The standard InChI is InChI=1S/C24H24FNO3S/c1-4-29-22(27)20-19(17-10-12-18(25)13-11-17)15-30-21(20)26-23(28)24(2,3)14-16-8-6-5-7-9-16/h5-13,15H,4,14H2,1-3H3,(H,26,28). The van der Waals surface area contributed by atoms with Gasteiger partial charge in [0, 0.05) is 16.4 Å². The van der Waals surface area contributed by atoms with Gasteiger partial charge in [0.05, 0.1) is 6.61 Å². The summed E-state index contributed by atoms with van der Waals surface area (Å²) in [5, 5.41) is 5.12. The van der Waals surface area contributed by atoms with E-state index in [0.29, 0.717) is 22.5 Å². The van der Waals surface area contributed by atoms with Gasteiger partial charge in [-0.2, -0.15) is 0 Å². The molecule has 156 valence electrons. The third-order valence-corrected chi connectivity index (χ3v) is 5.65. The van der Waals surface area contributed by atoms with Crippen LogP contribution in [0.5, 0.6) is 0 Å². The average Bonchev–Trinajstić information content (AvgIpc) is 3.12. The number of esters is 1. The largest absolute Gasteiger partial charge is 0.462 e. The maximum atomic E-state index is 13.3. The van der Waals surface area contributed by atoms with E-state index in [2.05, 4.69) is 5.32 Å². The molecule has 1 N–H and O–H groups in total. The highest BCUT2D eigenvalue weighted by molar-refractivity contribution is 7.15. The Kier molecular flexibility index (Phi) is 6.67. The highest BCUT2D eigenvalue weighted by Gasteiger charge is 2.30. The molecule has 3 aromatic rings. The molecule has 0 aliphatic heterocycles. The fourth-order valence-corrected chi connectivity index (χ4v) is 4.11. The van der Waals surface area contributed by atoms with Crippen molar-refractivity contribution >= 4 is 28.2 Å². The summed E-state index contributed by atoms with van der Waals surface area (Å²) in [6.45, 7) is 5.68. The van der Waals surface area contributed by atoms with E-state index < -0.39 is 11.4 Å². The van der Waals surface area contributed by atoms with Gasteiger partial charge in [-0.3, -0.25) is 4.79 Å². The van der Waals surface area contributed by atoms with E-state index in [9.17, 15) is 14.0 Å². The monoisotopic (exact) mass is 425 g/mol. The number of nitrogens with one attached hydrogen (secondary N) is 1. The summed E-state index contributed by atoms with van der Waals surface area (Å²) in [5.41, 5.74) is 1.95. The molecule has 0 bridgehead atoms. The van der Waals surface area contributed by atoms with Crippen LogP contribution >= 0.6 is 11.3 Å². The maximum Gasteiger partial charge on any atom is 0.341 e. The molecule has 0 aliphatic carbocycles. The Labute approximate surface area is 179 Å². The van der Waals surface area contributed by atoms with Gasteiger partial charge in [0.1, 0.15) is 16.4 Å². The molecular weight excluding hydrogens is 401 g/mol. The van der Waals surface area contributed by atoms with Gasteiger partial charge in [0.15, 0.2) is 0 Å². The maximum absolute atomic E-state index is 13.3. The molecule has 0 spiro atoms. The number of carbonyl (C=O) groups excluding carboxylic acids is 2. The second-order valence-electron chi connectivity index (χ2n) is 7.58. The molecule has 0 atom stereocenters. The van der Waals surface area contributed by atoms with Gasteiger partial charge >= 0.3 is 5.97 Å². The molecule has 1 aromatic heterocycles. The molecule has 0 radical (unpaired) electrons. The predicted molar refractivity (Wildman–Crippen MR) is 118 cm³/mol. The first kappa shape index (κ1) is 21.7. The number of halogens is 1. The molecule has 0 saturated heterocycles. The van der Waals surface area contributed by atoms with Gasteiger partial charge < -0.3 is 10.1 Å². The predicted octanol–water partition coefficient (Wildman–Crippen LogP) is 5.94. The van der Waals surface area contributed by atoms with Crippen molar-refractivity contribution in [1.82, 2.24) is 0 Å². The molecule has 1 amide bonds. The Balaban J connectivity index is 1.90. The van der Waals surface area contributed by atoms with E-state index in [1.807, 2.05) is 44.2 Å². The summed E-state index contributed by atoms with van der Waals surface area (Å²) >= 11 is 1.25. The van der Waals surface area contributed by atoms with Gasteiger partial charge in [-0.05, 0) is 36.6 Å². The lowest BCUT2D eigenvalue weighted by molar-refractivity contribution is -0.123. The van der Waals surface area contributed by atoms with Crippen LogP contribution in [0.1, 0.15) is 36.7 Å². The van der Waals surface area contributed by atoms with Crippen LogP contribution in [0.4, 0.5) is 9.39 Å². The molecule has 6 heteroatoms. The molecule has 3 rings (SSSR count). The Morgan fingerprint density at radius 2 is 1.73 bits per heavy atom. The summed E-state index contributed by atoms with van der Waals surface area (Å²) < 4.78 is 18.5. The van der Waals surface area contributed by atoms with Crippen LogP contribution in [-0.4, -0.2) is 18.5 Å². The Bertz CT molecular complexity index is 1030. The summed E-state index contributed by atoms with van der Waals surface area (Å²) in [4.78, 5) is 25.7. The molecule has 0 unspecified atom stereocenters. The Morgan fingerprint density at radius 1 is 1.07 bits per heavy atom. The third-order valence-electron chi connectivity index (χ3n) is 4.76. The fourth-order valence-electron chi connectivity index (χ4n) is 3.16. The lowest BCUT2D eigenvalue weighted by Gasteiger charge is -2.23. The number of carbonyl (C=O) groups is 2. The normalized spacial score (nSPS) is 11.2. The van der Waals surface area contributed by atoms with E-state index in [1.54, 1.807) is 24.4 Å².